The van der Waals surface area contributed by atoms with E-state index in [9.17, 15) is 0 Å². The second kappa shape index (κ2) is 14.5. The molecule has 0 aliphatic heterocycles. The second-order valence-electron chi connectivity index (χ2n) is 21.7. The Morgan fingerprint density at radius 3 is 1.26 bits per heavy atom. The van der Waals surface area contributed by atoms with Crippen molar-refractivity contribution in [1.82, 2.24) is 0 Å². The second-order valence-corrected chi connectivity index (χ2v) is 21.7. The Bertz CT molecular complexity index is 3860. The summed E-state index contributed by atoms with van der Waals surface area (Å²) >= 11 is 0. The Morgan fingerprint density at radius 2 is 0.691 bits per heavy atom. The highest BCUT2D eigenvalue weighted by Crippen LogP contribution is 2.53. The molecule has 2 aliphatic carbocycles. The monoisotopic (exact) mass is 870 g/mol. The molecule has 0 nitrogen and oxygen atoms in total. The van der Waals surface area contributed by atoms with E-state index < -0.39 is 0 Å². The molecule has 0 saturated carbocycles. The standard InChI is InChI=1S/C68H54/c1-66(2,3)51-36-49-23-22-41-24-29-54(59-33-28-50(37-51)64(49)65(41)59)53-19-9-8-18-52(53)48-17-13-16-44(35-48)42-14-12-15-43(34-42)45-25-31-57-58-32-27-47(40-63(58)68(6,7)62(57)38-45)46-26-30-56-55-20-10-11-21-60(55)67(4,5)61(56)39-46/h8-40H,1-7H3. The zero-order valence-corrected chi connectivity index (χ0v) is 40.1. The minimum Gasteiger partial charge on any atom is -0.0619 e. The fourth-order valence-electron chi connectivity index (χ4n) is 12.2. The van der Waals surface area contributed by atoms with Crippen molar-refractivity contribution < 1.29 is 0 Å². The molecule has 0 N–H and O–H groups in total. The van der Waals surface area contributed by atoms with Gasteiger partial charge in [-0.3, -0.25) is 0 Å². The van der Waals surface area contributed by atoms with E-state index >= 15 is 0 Å². The Kier molecular flexibility index (Phi) is 8.67. The molecule has 0 amide bonds. The lowest BCUT2D eigenvalue weighted by Crippen LogP contribution is -2.15. The van der Waals surface area contributed by atoms with Crippen LogP contribution in [0.25, 0.3) is 110 Å². The molecule has 0 radical (unpaired) electrons. The Labute approximate surface area is 400 Å². The van der Waals surface area contributed by atoms with E-state index in [-0.39, 0.29) is 16.2 Å². The quantitative estimate of drug-likeness (QED) is 0.151. The van der Waals surface area contributed by atoms with Crippen LogP contribution < -0.4 is 0 Å². The summed E-state index contributed by atoms with van der Waals surface area (Å²) in [4.78, 5) is 0. The number of rotatable bonds is 5. The topological polar surface area (TPSA) is 0 Å². The maximum absolute atomic E-state index is 2.46. The highest BCUT2D eigenvalue weighted by molar-refractivity contribution is 6.26. The lowest BCUT2D eigenvalue weighted by atomic mass is 9.80. The van der Waals surface area contributed by atoms with Crippen molar-refractivity contribution in [1.29, 1.82) is 0 Å². The fourth-order valence-corrected chi connectivity index (χ4v) is 12.2. The maximum Gasteiger partial charge on any atom is 0.0159 e. The first-order valence-electron chi connectivity index (χ1n) is 24.4. The largest absolute Gasteiger partial charge is 0.0619 e. The third-order valence-electron chi connectivity index (χ3n) is 16.0. The van der Waals surface area contributed by atoms with Crippen LogP contribution >= 0.6 is 0 Å². The van der Waals surface area contributed by atoms with E-state index in [1.165, 1.54) is 138 Å². The predicted octanol–water partition coefficient (Wildman–Crippen LogP) is 18.8. The first-order chi connectivity index (χ1) is 32.8. The van der Waals surface area contributed by atoms with Gasteiger partial charge in [-0.25, -0.2) is 0 Å². The van der Waals surface area contributed by atoms with Gasteiger partial charge < -0.3 is 0 Å². The Hall–Kier alpha value is -7.54. The summed E-state index contributed by atoms with van der Waals surface area (Å²) in [6.45, 7) is 16.4. The third kappa shape index (κ3) is 6.06. The van der Waals surface area contributed by atoms with Crippen LogP contribution in [0.5, 0.6) is 0 Å². The minimum absolute atomic E-state index is 0.0269. The van der Waals surface area contributed by atoms with Gasteiger partial charge in [-0.2, -0.15) is 0 Å². The SMILES string of the molecule is CC(C)(C)c1cc2ccc3ccc(-c4ccccc4-c4cccc(-c5cccc(-c6ccc7c(c6)C(C)(C)c6cc(-c8ccc9c(c8)C(C)(C)c8ccccc8-9)ccc6-7)c5)c4)c4ccc(c1)c2c34. The average molecular weight is 871 g/mol. The van der Waals surface area contributed by atoms with E-state index in [0.29, 0.717) is 0 Å². The number of fused-ring (bicyclic) bond motifs is 6. The van der Waals surface area contributed by atoms with Crippen molar-refractivity contribution in [2.75, 3.05) is 0 Å². The van der Waals surface area contributed by atoms with Crippen molar-refractivity contribution in [3.05, 3.63) is 228 Å². The molecular weight excluding hydrogens is 817 g/mol. The molecular formula is C68H54. The van der Waals surface area contributed by atoms with E-state index in [1.54, 1.807) is 0 Å². The zero-order chi connectivity index (χ0) is 46.3. The molecule has 0 spiro atoms. The Morgan fingerprint density at radius 1 is 0.279 bits per heavy atom. The van der Waals surface area contributed by atoms with Gasteiger partial charge in [0.05, 0.1) is 0 Å². The molecule has 0 fully saturated rings. The predicted molar refractivity (Wildman–Crippen MR) is 291 cm³/mol. The summed E-state index contributed by atoms with van der Waals surface area (Å²) in [5, 5.41) is 7.94. The molecule has 0 bridgehead atoms. The van der Waals surface area contributed by atoms with Crippen LogP contribution in [-0.2, 0) is 16.2 Å². The summed E-state index contributed by atoms with van der Waals surface area (Å²) in [6.07, 6.45) is 0. The molecule has 0 unspecified atom stereocenters. The highest BCUT2D eigenvalue weighted by Gasteiger charge is 2.37. The minimum atomic E-state index is -0.146. The molecule has 68 heavy (non-hydrogen) atoms. The smallest absolute Gasteiger partial charge is 0.0159 e. The van der Waals surface area contributed by atoms with Crippen LogP contribution in [0.3, 0.4) is 0 Å². The van der Waals surface area contributed by atoms with Crippen LogP contribution in [0.15, 0.2) is 200 Å². The normalized spacial score (nSPS) is 14.3. The summed E-state index contributed by atoms with van der Waals surface area (Å²) in [5.41, 5.74) is 24.8. The van der Waals surface area contributed by atoms with Crippen molar-refractivity contribution in [3.63, 3.8) is 0 Å². The van der Waals surface area contributed by atoms with Crippen LogP contribution in [-0.4, -0.2) is 0 Å². The van der Waals surface area contributed by atoms with Crippen molar-refractivity contribution in [2.45, 2.75) is 64.7 Å². The van der Waals surface area contributed by atoms with E-state index in [0.717, 1.165) is 0 Å². The molecule has 0 saturated heterocycles. The van der Waals surface area contributed by atoms with Gasteiger partial charge in [0.2, 0.25) is 0 Å². The summed E-state index contributed by atoms with van der Waals surface area (Å²) in [7, 11) is 0. The van der Waals surface area contributed by atoms with Gasteiger partial charge >= 0.3 is 0 Å². The molecule has 2 aliphatic rings. The third-order valence-corrected chi connectivity index (χ3v) is 16.0. The first kappa shape index (κ1) is 40.7. The summed E-state index contributed by atoms with van der Waals surface area (Å²) in [5.74, 6) is 0. The molecule has 326 valence electrons. The summed E-state index contributed by atoms with van der Waals surface area (Å²) in [6, 6.07) is 76.3. The van der Waals surface area contributed by atoms with Gasteiger partial charge in [0.25, 0.3) is 0 Å². The molecule has 0 heterocycles. The number of hydrogen-bond acceptors (Lipinski definition) is 0. The highest BCUT2D eigenvalue weighted by atomic mass is 14.4. The molecule has 11 aromatic carbocycles. The van der Waals surface area contributed by atoms with Gasteiger partial charge in [-0.1, -0.05) is 218 Å². The lowest BCUT2D eigenvalue weighted by molar-refractivity contribution is 0.591. The van der Waals surface area contributed by atoms with E-state index in [2.05, 4.69) is 249 Å². The van der Waals surface area contributed by atoms with Gasteiger partial charge in [0, 0.05) is 10.8 Å². The van der Waals surface area contributed by atoms with Crippen LogP contribution in [0.4, 0.5) is 0 Å². The molecule has 13 rings (SSSR count). The molecule has 0 heteroatoms. The number of hydrogen-bond donors (Lipinski definition) is 0. The molecule has 11 aromatic rings. The van der Waals surface area contributed by atoms with E-state index in [1.807, 2.05) is 0 Å². The van der Waals surface area contributed by atoms with Crippen LogP contribution in [0, 0.1) is 0 Å². The molecule has 0 atom stereocenters. The van der Waals surface area contributed by atoms with Crippen LogP contribution in [0.2, 0.25) is 0 Å². The van der Waals surface area contributed by atoms with Gasteiger partial charge in [0.1, 0.15) is 0 Å². The fraction of sp³-hybridized carbons (Fsp3) is 0.147. The first-order valence-corrected chi connectivity index (χ1v) is 24.4. The van der Waals surface area contributed by atoms with Gasteiger partial charge in [-0.15, -0.1) is 0 Å². The Balaban J connectivity index is 0.826. The van der Waals surface area contributed by atoms with Crippen molar-refractivity contribution in [2.24, 2.45) is 0 Å². The van der Waals surface area contributed by atoms with Gasteiger partial charge in [0.15, 0.2) is 0 Å². The lowest BCUT2D eigenvalue weighted by Gasteiger charge is -2.23. The number of benzene rings is 11. The van der Waals surface area contributed by atoms with Gasteiger partial charge in [-0.05, 0) is 174 Å². The maximum atomic E-state index is 2.46. The zero-order valence-electron chi connectivity index (χ0n) is 40.1. The van der Waals surface area contributed by atoms with Crippen molar-refractivity contribution >= 4 is 32.3 Å². The summed E-state index contributed by atoms with van der Waals surface area (Å²) < 4.78 is 0. The average Bonchev–Trinajstić information content (AvgIpc) is 3.73. The molecule has 0 aromatic heterocycles. The van der Waals surface area contributed by atoms with Crippen molar-refractivity contribution in [3.8, 4) is 77.9 Å². The van der Waals surface area contributed by atoms with Crippen LogP contribution in [0.1, 0.15) is 76.3 Å². The van der Waals surface area contributed by atoms with E-state index in [4.69, 9.17) is 0 Å².